The maximum Gasteiger partial charge on any atom is 0.335 e. The normalized spacial score (nSPS) is 15.9. The Morgan fingerprint density at radius 2 is 2.09 bits per heavy atom. The van der Waals surface area contributed by atoms with E-state index in [9.17, 15) is 4.79 Å². The van der Waals surface area contributed by atoms with E-state index in [1.165, 1.54) is 21.1 Å². The minimum Gasteiger partial charge on any atom is -0.479 e. The Balaban J connectivity index is 3.99. The molecule has 0 aliphatic carbocycles. The van der Waals surface area contributed by atoms with Gasteiger partial charge < -0.3 is 14.6 Å². The lowest BCUT2D eigenvalue weighted by molar-refractivity contribution is -0.162. The number of hydrogen-bond donors (Lipinski definition) is 1. The van der Waals surface area contributed by atoms with Gasteiger partial charge in [-0.15, -0.1) is 0 Å². The van der Waals surface area contributed by atoms with Crippen LogP contribution < -0.4 is 0 Å². The predicted molar refractivity (Wildman–Crippen MR) is 39.5 cm³/mol. The summed E-state index contributed by atoms with van der Waals surface area (Å²) in [5.41, 5.74) is -1.12. The van der Waals surface area contributed by atoms with Crippen LogP contribution in [0.15, 0.2) is 0 Å². The van der Waals surface area contributed by atoms with E-state index in [0.717, 1.165) is 0 Å². The number of carboxylic acids is 1. The summed E-state index contributed by atoms with van der Waals surface area (Å²) >= 11 is 0. The standard InChI is InChI=1S/C7H14O4/c1-7(11-3,6(8)9)4-5-10-2/h4-5H2,1-3H3,(H,8,9)/t7-/m1/s1. The van der Waals surface area contributed by atoms with Gasteiger partial charge in [0.1, 0.15) is 0 Å². The molecule has 0 bridgehead atoms. The second-order valence-electron chi connectivity index (χ2n) is 2.48. The summed E-state index contributed by atoms with van der Waals surface area (Å²) < 4.78 is 9.57. The van der Waals surface area contributed by atoms with Gasteiger partial charge in [-0.3, -0.25) is 0 Å². The summed E-state index contributed by atoms with van der Waals surface area (Å²) in [5.74, 6) is -0.961. The molecule has 1 N–H and O–H groups in total. The Labute approximate surface area is 66.1 Å². The van der Waals surface area contributed by atoms with Gasteiger partial charge in [0.2, 0.25) is 0 Å². The molecule has 0 fully saturated rings. The number of rotatable bonds is 5. The van der Waals surface area contributed by atoms with E-state index in [0.29, 0.717) is 13.0 Å². The quantitative estimate of drug-likeness (QED) is 0.640. The molecular weight excluding hydrogens is 148 g/mol. The van der Waals surface area contributed by atoms with Crippen molar-refractivity contribution in [2.75, 3.05) is 20.8 Å². The maximum absolute atomic E-state index is 10.6. The molecule has 0 spiro atoms. The molecule has 66 valence electrons. The van der Waals surface area contributed by atoms with Crippen molar-refractivity contribution in [1.29, 1.82) is 0 Å². The third-order valence-corrected chi connectivity index (χ3v) is 1.69. The molecule has 4 heteroatoms. The van der Waals surface area contributed by atoms with E-state index in [2.05, 4.69) is 0 Å². The molecule has 0 saturated carbocycles. The van der Waals surface area contributed by atoms with Gasteiger partial charge in [-0.1, -0.05) is 0 Å². The molecule has 4 nitrogen and oxygen atoms in total. The van der Waals surface area contributed by atoms with Gasteiger partial charge in [0.15, 0.2) is 5.60 Å². The summed E-state index contributed by atoms with van der Waals surface area (Å²) in [5, 5.41) is 8.68. The Morgan fingerprint density at radius 1 is 1.55 bits per heavy atom. The van der Waals surface area contributed by atoms with Gasteiger partial charge in [0.25, 0.3) is 0 Å². The van der Waals surface area contributed by atoms with Crippen LogP contribution in [-0.4, -0.2) is 37.5 Å². The Hall–Kier alpha value is -0.610. The van der Waals surface area contributed by atoms with Gasteiger partial charge in [0.05, 0.1) is 0 Å². The average molecular weight is 162 g/mol. The Kier molecular flexibility index (Phi) is 4.07. The molecule has 0 radical (unpaired) electrons. The van der Waals surface area contributed by atoms with Gasteiger partial charge in [0, 0.05) is 27.2 Å². The molecule has 1 atom stereocenters. The number of aliphatic carboxylic acids is 1. The first-order valence-corrected chi connectivity index (χ1v) is 3.34. The van der Waals surface area contributed by atoms with Crippen LogP contribution in [0.4, 0.5) is 0 Å². The Morgan fingerprint density at radius 3 is 2.36 bits per heavy atom. The molecule has 0 aliphatic rings. The van der Waals surface area contributed by atoms with E-state index in [-0.39, 0.29) is 0 Å². The molecule has 0 rings (SSSR count). The van der Waals surface area contributed by atoms with E-state index in [1.807, 2.05) is 0 Å². The first kappa shape index (κ1) is 10.4. The number of methoxy groups -OCH3 is 2. The van der Waals surface area contributed by atoms with E-state index in [4.69, 9.17) is 14.6 Å². The lowest BCUT2D eigenvalue weighted by atomic mass is 10.0. The van der Waals surface area contributed by atoms with E-state index < -0.39 is 11.6 Å². The van der Waals surface area contributed by atoms with Crippen LogP contribution in [-0.2, 0) is 14.3 Å². The minimum absolute atomic E-state index is 0.356. The first-order valence-electron chi connectivity index (χ1n) is 3.34. The minimum atomic E-state index is -1.12. The van der Waals surface area contributed by atoms with Crippen molar-refractivity contribution in [3.8, 4) is 0 Å². The molecule has 0 heterocycles. The number of hydrogen-bond acceptors (Lipinski definition) is 3. The molecule has 0 unspecified atom stereocenters. The van der Waals surface area contributed by atoms with Crippen molar-refractivity contribution in [3.63, 3.8) is 0 Å². The molecule has 0 aromatic rings. The summed E-state index contributed by atoms with van der Waals surface area (Å²) in [4.78, 5) is 10.6. The number of carboxylic acid groups (broad SMARTS) is 1. The summed E-state index contributed by atoms with van der Waals surface area (Å²) in [6.45, 7) is 1.91. The van der Waals surface area contributed by atoms with Crippen molar-refractivity contribution in [3.05, 3.63) is 0 Å². The summed E-state index contributed by atoms with van der Waals surface area (Å²) in [6.07, 6.45) is 0.356. The number of ether oxygens (including phenoxy) is 2. The first-order chi connectivity index (χ1) is 5.06. The molecular formula is C7H14O4. The van der Waals surface area contributed by atoms with Crippen molar-refractivity contribution in [1.82, 2.24) is 0 Å². The largest absolute Gasteiger partial charge is 0.479 e. The average Bonchev–Trinajstić information content (AvgIpc) is 2.00. The topological polar surface area (TPSA) is 55.8 Å². The highest BCUT2D eigenvalue weighted by Crippen LogP contribution is 2.14. The van der Waals surface area contributed by atoms with E-state index >= 15 is 0 Å². The van der Waals surface area contributed by atoms with Crippen molar-refractivity contribution in [2.24, 2.45) is 0 Å². The second-order valence-corrected chi connectivity index (χ2v) is 2.48. The monoisotopic (exact) mass is 162 g/mol. The van der Waals surface area contributed by atoms with Gasteiger partial charge in [-0.2, -0.15) is 0 Å². The SMILES string of the molecule is COCC[C@@](C)(OC)C(=O)O. The van der Waals surface area contributed by atoms with Crippen LogP contribution in [0.25, 0.3) is 0 Å². The zero-order valence-corrected chi connectivity index (χ0v) is 7.09. The highest BCUT2D eigenvalue weighted by molar-refractivity contribution is 5.76. The summed E-state index contributed by atoms with van der Waals surface area (Å²) in [7, 11) is 2.90. The fourth-order valence-corrected chi connectivity index (χ4v) is 0.593. The van der Waals surface area contributed by atoms with Crippen LogP contribution in [0.1, 0.15) is 13.3 Å². The highest BCUT2D eigenvalue weighted by Gasteiger charge is 2.32. The predicted octanol–water partition coefficient (Wildman–Crippen LogP) is 0.513. The van der Waals surface area contributed by atoms with Crippen molar-refractivity contribution in [2.45, 2.75) is 18.9 Å². The molecule has 0 aliphatic heterocycles. The molecule has 0 amide bonds. The third kappa shape index (κ3) is 2.86. The molecule has 11 heavy (non-hydrogen) atoms. The fraction of sp³-hybridized carbons (Fsp3) is 0.857. The van der Waals surface area contributed by atoms with Crippen LogP contribution in [0.3, 0.4) is 0 Å². The zero-order chi connectivity index (χ0) is 8.91. The molecule has 0 aromatic heterocycles. The number of carbonyl (C=O) groups is 1. The molecule has 0 saturated heterocycles. The van der Waals surface area contributed by atoms with E-state index in [1.54, 1.807) is 0 Å². The van der Waals surface area contributed by atoms with Gasteiger partial charge in [-0.25, -0.2) is 4.79 Å². The van der Waals surface area contributed by atoms with Crippen LogP contribution in [0.5, 0.6) is 0 Å². The Bertz CT molecular complexity index is 134. The lowest BCUT2D eigenvalue weighted by Gasteiger charge is -2.22. The van der Waals surface area contributed by atoms with Gasteiger partial charge >= 0.3 is 5.97 Å². The zero-order valence-electron chi connectivity index (χ0n) is 7.09. The highest BCUT2D eigenvalue weighted by atomic mass is 16.5. The van der Waals surface area contributed by atoms with Crippen LogP contribution in [0, 0.1) is 0 Å². The van der Waals surface area contributed by atoms with Crippen molar-refractivity contribution < 1.29 is 19.4 Å². The molecule has 0 aromatic carbocycles. The smallest absolute Gasteiger partial charge is 0.335 e. The second kappa shape index (κ2) is 4.31. The summed E-state index contributed by atoms with van der Waals surface area (Å²) in [6, 6.07) is 0. The van der Waals surface area contributed by atoms with Crippen molar-refractivity contribution >= 4 is 5.97 Å². The fourth-order valence-electron chi connectivity index (χ4n) is 0.593. The maximum atomic E-state index is 10.6. The third-order valence-electron chi connectivity index (χ3n) is 1.69. The van der Waals surface area contributed by atoms with Crippen LogP contribution in [0.2, 0.25) is 0 Å². The lowest BCUT2D eigenvalue weighted by Crippen LogP contribution is -2.38. The van der Waals surface area contributed by atoms with Crippen LogP contribution >= 0.6 is 0 Å². The van der Waals surface area contributed by atoms with Gasteiger partial charge in [-0.05, 0) is 6.92 Å².